The molecule has 0 N–H and O–H groups in total. The van der Waals surface area contributed by atoms with Gasteiger partial charge in [-0.05, 0) is 29.9 Å². The maximum absolute atomic E-state index is 2.34. The normalized spacial score (nSPS) is 12.8. The van der Waals surface area contributed by atoms with E-state index in [1.54, 1.807) is 0 Å². The molecule has 1 rings (SSSR count). The molecule has 1 atom stereocenters. The molecule has 0 aliphatic heterocycles. The van der Waals surface area contributed by atoms with E-state index < -0.39 is 0 Å². The van der Waals surface area contributed by atoms with E-state index in [1.807, 2.05) is 0 Å². The molecule has 0 amide bonds. The first kappa shape index (κ1) is 11.3. The lowest BCUT2D eigenvalue weighted by molar-refractivity contribution is 0.522. The van der Waals surface area contributed by atoms with Gasteiger partial charge in [-0.3, -0.25) is 0 Å². The molecular weight excluding hydrogens is 168 g/mol. The fraction of sp³-hybridized carbons (Fsp3) is 0.571. The van der Waals surface area contributed by atoms with E-state index in [-0.39, 0.29) is 0 Å². The Hall–Kier alpha value is -0.780. The molecule has 0 heteroatoms. The van der Waals surface area contributed by atoms with Crippen LogP contribution in [0.3, 0.4) is 0 Å². The summed E-state index contributed by atoms with van der Waals surface area (Å²) in [4.78, 5) is 0. The van der Waals surface area contributed by atoms with Gasteiger partial charge in [-0.2, -0.15) is 0 Å². The Morgan fingerprint density at radius 3 is 2.07 bits per heavy atom. The molecule has 14 heavy (non-hydrogen) atoms. The first-order valence-electron chi connectivity index (χ1n) is 5.84. The Morgan fingerprint density at radius 1 is 1.00 bits per heavy atom. The van der Waals surface area contributed by atoms with Crippen molar-refractivity contribution in [3.63, 3.8) is 0 Å². The summed E-state index contributed by atoms with van der Waals surface area (Å²) in [6, 6.07) is 9.08. The Morgan fingerprint density at radius 2 is 1.57 bits per heavy atom. The van der Waals surface area contributed by atoms with Crippen LogP contribution in [0.4, 0.5) is 0 Å². The minimum Gasteiger partial charge on any atom is -0.0654 e. The van der Waals surface area contributed by atoms with Crippen molar-refractivity contribution in [2.75, 3.05) is 0 Å². The zero-order chi connectivity index (χ0) is 10.4. The Bertz CT molecular complexity index is 245. The molecule has 0 aliphatic carbocycles. The van der Waals surface area contributed by atoms with Gasteiger partial charge in [0.05, 0.1) is 0 Å². The Labute approximate surface area is 88.4 Å². The third-order valence-corrected chi connectivity index (χ3v) is 2.80. The smallest absolute Gasteiger partial charge is 0.0253 e. The predicted molar refractivity (Wildman–Crippen MR) is 63.6 cm³/mol. The van der Waals surface area contributed by atoms with Crippen LogP contribution in [0.2, 0.25) is 0 Å². The molecule has 0 aromatic heterocycles. The highest BCUT2D eigenvalue weighted by atomic mass is 14.1. The van der Waals surface area contributed by atoms with E-state index in [0.29, 0.717) is 0 Å². The predicted octanol–water partition coefficient (Wildman–Crippen LogP) is 4.23. The van der Waals surface area contributed by atoms with Gasteiger partial charge in [-0.1, -0.05) is 57.9 Å². The van der Waals surface area contributed by atoms with Gasteiger partial charge in [-0.15, -0.1) is 0 Å². The van der Waals surface area contributed by atoms with Crippen LogP contribution in [0.5, 0.6) is 0 Å². The summed E-state index contributed by atoms with van der Waals surface area (Å²) < 4.78 is 0. The minimum absolute atomic E-state index is 0.826. The zero-order valence-corrected chi connectivity index (χ0v) is 9.72. The summed E-state index contributed by atoms with van der Waals surface area (Å²) in [6.45, 7) is 6.81. The van der Waals surface area contributed by atoms with Gasteiger partial charge in [0.1, 0.15) is 0 Å². The van der Waals surface area contributed by atoms with Gasteiger partial charge in [0.25, 0.3) is 0 Å². The summed E-state index contributed by atoms with van der Waals surface area (Å²) in [5.74, 6) is 0.826. The fourth-order valence-corrected chi connectivity index (χ4v) is 1.91. The van der Waals surface area contributed by atoms with Crippen molar-refractivity contribution in [1.29, 1.82) is 0 Å². The van der Waals surface area contributed by atoms with E-state index in [1.165, 1.54) is 30.4 Å². The lowest BCUT2D eigenvalue weighted by atomic mass is 9.96. The summed E-state index contributed by atoms with van der Waals surface area (Å²) in [5.41, 5.74) is 2.93. The number of hydrogen-bond donors (Lipinski definition) is 0. The molecular formula is C14H22. The van der Waals surface area contributed by atoms with Crippen molar-refractivity contribution in [3.05, 3.63) is 35.4 Å². The number of aryl methyl sites for hydroxylation is 1. The SMILES string of the molecule is CCC[C@@H](C)Cc1ccc(CC)cc1. The molecule has 0 spiro atoms. The summed E-state index contributed by atoms with van der Waals surface area (Å²) in [5, 5.41) is 0. The van der Waals surface area contributed by atoms with Crippen LogP contribution in [-0.2, 0) is 12.8 Å². The van der Waals surface area contributed by atoms with Gasteiger partial charge in [-0.25, -0.2) is 0 Å². The first-order chi connectivity index (χ1) is 6.76. The second kappa shape index (κ2) is 5.85. The molecule has 1 aromatic rings. The van der Waals surface area contributed by atoms with Crippen LogP contribution in [0.25, 0.3) is 0 Å². The van der Waals surface area contributed by atoms with Crippen molar-refractivity contribution in [2.45, 2.75) is 46.5 Å². The van der Waals surface area contributed by atoms with E-state index in [0.717, 1.165) is 12.3 Å². The molecule has 0 unspecified atom stereocenters. The molecule has 0 fully saturated rings. The fourth-order valence-electron chi connectivity index (χ4n) is 1.91. The molecule has 0 saturated heterocycles. The molecule has 78 valence electrons. The minimum atomic E-state index is 0.826. The zero-order valence-electron chi connectivity index (χ0n) is 9.72. The lowest BCUT2D eigenvalue weighted by Gasteiger charge is -2.10. The Kier molecular flexibility index (Phi) is 4.72. The van der Waals surface area contributed by atoms with Crippen molar-refractivity contribution < 1.29 is 0 Å². The third-order valence-electron chi connectivity index (χ3n) is 2.80. The van der Waals surface area contributed by atoms with Crippen LogP contribution >= 0.6 is 0 Å². The molecule has 0 bridgehead atoms. The van der Waals surface area contributed by atoms with Gasteiger partial charge in [0.15, 0.2) is 0 Å². The third kappa shape index (κ3) is 3.53. The van der Waals surface area contributed by atoms with Crippen molar-refractivity contribution >= 4 is 0 Å². The maximum atomic E-state index is 2.34. The maximum Gasteiger partial charge on any atom is -0.0253 e. The highest BCUT2D eigenvalue weighted by molar-refractivity contribution is 5.22. The number of rotatable bonds is 5. The highest BCUT2D eigenvalue weighted by Gasteiger charge is 2.01. The van der Waals surface area contributed by atoms with E-state index in [9.17, 15) is 0 Å². The molecule has 0 heterocycles. The monoisotopic (exact) mass is 190 g/mol. The van der Waals surface area contributed by atoms with Crippen LogP contribution in [0.1, 0.15) is 44.7 Å². The van der Waals surface area contributed by atoms with Crippen LogP contribution in [0.15, 0.2) is 24.3 Å². The van der Waals surface area contributed by atoms with Crippen molar-refractivity contribution in [1.82, 2.24) is 0 Å². The summed E-state index contributed by atoms with van der Waals surface area (Å²) in [7, 11) is 0. The Balaban J connectivity index is 2.50. The topological polar surface area (TPSA) is 0 Å². The second-order valence-electron chi connectivity index (χ2n) is 4.27. The number of benzene rings is 1. The highest BCUT2D eigenvalue weighted by Crippen LogP contribution is 2.14. The van der Waals surface area contributed by atoms with Crippen LogP contribution < -0.4 is 0 Å². The van der Waals surface area contributed by atoms with E-state index >= 15 is 0 Å². The quantitative estimate of drug-likeness (QED) is 0.652. The largest absolute Gasteiger partial charge is 0.0654 e. The molecule has 0 nitrogen and oxygen atoms in total. The van der Waals surface area contributed by atoms with Crippen LogP contribution in [-0.4, -0.2) is 0 Å². The van der Waals surface area contributed by atoms with Gasteiger partial charge in [0, 0.05) is 0 Å². The summed E-state index contributed by atoms with van der Waals surface area (Å²) in [6.07, 6.45) is 5.02. The average molecular weight is 190 g/mol. The van der Waals surface area contributed by atoms with Crippen molar-refractivity contribution in [3.8, 4) is 0 Å². The second-order valence-corrected chi connectivity index (χ2v) is 4.27. The van der Waals surface area contributed by atoms with Gasteiger partial charge in [0.2, 0.25) is 0 Å². The molecule has 0 saturated carbocycles. The van der Waals surface area contributed by atoms with Crippen molar-refractivity contribution in [2.24, 2.45) is 5.92 Å². The molecule has 0 radical (unpaired) electrons. The summed E-state index contributed by atoms with van der Waals surface area (Å²) >= 11 is 0. The average Bonchev–Trinajstić information content (AvgIpc) is 2.19. The standard InChI is InChI=1S/C14H22/c1-4-6-12(3)11-14-9-7-13(5-2)8-10-14/h7-10,12H,4-6,11H2,1-3H3/t12-/m1/s1. The first-order valence-corrected chi connectivity index (χ1v) is 5.84. The van der Waals surface area contributed by atoms with E-state index in [4.69, 9.17) is 0 Å². The van der Waals surface area contributed by atoms with Crippen LogP contribution in [0, 0.1) is 5.92 Å². The molecule has 0 aliphatic rings. The number of hydrogen-bond acceptors (Lipinski definition) is 0. The van der Waals surface area contributed by atoms with E-state index in [2.05, 4.69) is 45.0 Å². The molecule has 1 aromatic carbocycles. The lowest BCUT2D eigenvalue weighted by Crippen LogP contribution is -1.99. The van der Waals surface area contributed by atoms with Gasteiger partial charge < -0.3 is 0 Å². The van der Waals surface area contributed by atoms with Gasteiger partial charge >= 0.3 is 0 Å².